The van der Waals surface area contributed by atoms with Crippen molar-refractivity contribution in [2.24, 2.45) is 46.3 Å². The first-order valence-corrected chi connectivity index (χ1v) is 21.5. The van der Waals surface area contributed by atoms with E-state index in [-0.39, 0.29) is 12.1 Å². The van der Waals surface area contributed by atoms with Gasteiger partial charge in [-0.05, 0) is 130 Å². The Morgan fingerprint density at radius 2 is 1.49 bits per heavy atom. The topological polar surface area (TPSA) is 26.3 Å². The first kappa shape index (κ1) is 40.2. The number of allylic oxidation sites excluding steroid dienone is 7. The summed E-state index contributed by atoms with van der Waals surface area (Å²) in [5.74, 6) is 5.22. The largest absolute Gasteiger partial charge is 0.462 e. The molecule has 2 heteroatoms. The Hall–Kier alpha value is -1.57. The third kappa shape index (κ3) is 11.5. The van der Waals surface area contributed by atoms with Crippen molar-refractivity contribution in [2.75, 3.05) is 0 Å². The lowest BCUT2D eigenvalue weighted by Gasteiger charge is -2.58. The van der Waals surface area contributed by atoms with Gasteiger partial charge in [0.1, 0.15) is 6.10 Å². The van der Waals surface area contributed by atoms with Crippen LogP contribution >= 0.6 is 0 Å². The maximum absolute atomic E-state index is 12.8. The Kier molecular flexibility index (Phi) is 16.8. The van der Waals surface area contributed by atoms with E-state index in [4.69, 9.17) is 4.74 Å². The van der Waals surface area contributed by atoms with Gasteiger partial charge in [0.05, 0.1) is 0 Å². The minimum absolute atomic E-state index is 0.0110. The van der Waals surface area contributed by atoms with Gasteiger partial charge in [0.25, 0.3) is 0 Å². The zero-order valence-electron chi connectivity index (χ0n) is 33.2. The molecule has 0 radical (unpaired) electrons. The summed E-state index contributed by atoms with van der Waals surface area (Å²) in [6.07, 6.45) is 44.7. The second-order valence-electron chi connectivity index (χ2n) is 18.0. The van der Waals surface area contributed by atoms with Crippen molar-refractivity contribution in [1.82, 2.24) is 0 Å². The summed E-state index contributed by atoms with van der Waals surface area (Å²) in [6, 6.07) is 0. The molecule has 3 fully saturated rings. The van der Waals surface area contributed by atoms with E-state index in [2.05, 4.69) is 84.1 Å². The monoisotopic (exact) mass is 675 g/mol. The van der Waals surface area contributed by atoms with Crippen LogP contribution in [0.1, 0.15) is 189 Å². The third-order valence-corrected chi connectivity index (χ3v) is 14.1. The van der Waals surface area contributed by atoms with Crippen LogP contribution in [0.2, 0.25) is 0 Å². The number of fused-ring (bicyclic) bond motifs is 5. The van der Waals surface area contributed by atoms with Crippen LogP contribution in [0, 0.1) is 46.3 Å². The summed E-state index contributed by atoms with van der Waals surface area (Å²) in [5.41, 5.74) is 2.49. The van der Waals surface area contributed by atoms with Crippen LogP contribution in [-0.2, 0) is 9.53 Å². The maximum atomic E-state index is 12.8. The smallest absolute Gasteiger partial charge is 0.306 e. The summed E-state index contributed by atoms with van der Waals surface area (Å²) in [5, 5.41) is 0. The molecule has 0 N–H and O–H groups in total. The molecule has 0 aromatic heterocycles. The average Bonchev–Trinajstić information content (AvgIpc) is 3.43. The zero-order chi connectivity index (χ0) is 35.1. The minimum Gasteiger partial charge on any atom is -0.462 e. The van der Waals surface area contributed by atoms with E-state index in [0.29, 0.717) is 17.3 Å². The van der Waals surface area contributed by atoms with Crippen LogP contribution in [0.15, 0.2) is 48.1 Å². The molecular weight excluding hydrogens is 597 g/mol. The van der Waals surface area contributed by atoms with Gasteiger partial charge < -0.3 is 4.74 Å². The molecule has 4 aliphatic carbocycles. The van der Waals surface area contributed by atoms with Crippen molar-refractivity contribution >= 4 is 5.97 Å². The van der Waals surface area contributed by atoms with E-state index >= 15 is 0 Å². The fourth-order valence-electron chi connectivity index (χ4n) is 11.2. The molecule has 4 rings (SSSR count). The van der Waals surface area contributed by atoms with Crippen LogP contribution in [0.3, 0.4) is 0 Å². The lowest BCUT2D eigenvalue weighted by Crippen LogP contribution is -2.51. The van der Waals surface area contributed by atoms with Crippen LogP contribution in [0.5, 0.6) is 0 Å². The molecule has 278 valence electrons. The molecular formula is C47H78O2. The summed E-state index contributed by atoms with van der Waals surface area (Å²) in [7, 11) is 0. The highest BCUT2D eigenvalue weighted by Crippen LogP contribution is 2.67. The molecule has 0 unspecified atom stereocenters. The molecule has 0 aliphatic heterocycles. The summed E-state index contributed by atoms with van der Waals surface area (Å²) >= 11 is 0. The quantitative estimate of drug-likeness (QED) is 0.0688. The molecule has 3 saturated carbocycles. The van der Waals surface area contributed by atoms with Gasteiger partial charge in [0.2, 0.25) is 0 Å². The van der Waals surface area contributed by atoms with Gasteiger partial charge in [0, 0.05) is 12.8 Å². The number of unbranched alkanes of at least 4 members (excludes halogenated alkanes) is 7. The normalized spacial score (nSPS) is 32.1. The predicted molar refractivity (Wildman–Crippen MR) is 211 cm³/mol. The number of carbonyl (C=O) groups excluding carboxylic acids is 1. The highest BCUT2D eigenvalue weighted by molar-refractivity contribution is 5.69. The highest BCUT2D eigenvalue weighted by Gasteiger charge is 2.59. The lowest BCUT2D eigenvalue weighted by atomic mass is 9.47. The third-order valence-electron chi connectivity index (χ3n) is 14.1. The van der Waals surface area contributed by atoms with Crippen LogP contribution < -0.4 is 0 Å². The van der Waals surface area contributed by atoms with Crippen molar-refractivity contribution in [3.63, 3.8) is 0 Å². The van der Waals surface area contributed by atoms with Crippen LogP contribution in [0.25, 0.3) is 0 Å². The van der Waals surface area contributed by atoms with Gasteiger partial charge >= 0.3 is 5.97 Å². The molecule has 0 bridgehead atoms. The number of rotatable bonds is 21. The van der Waals surface area contributed by atoms with Crippen molar-refractivity contribution in [3.8, 4) is 0 Å². The minimum atomic E-state index is 0.0110. The van der Waals surface area contributed by atoms with E-state index < -0.39 is 0 Å². The zero-order valence-corrected chi connectivity index (χ0v) is 33.2. The van der Waals surface area contributed by atoms with Crippen molar-refractivity contribution in [1.29, 1.82) is 0 Å². The standard InChI is InChI=1S/C47H78O2/c1-7-8-9-10-11-12-13-14-15-16-17-18-19-20-21-22-23-27-45(48)49-40-32-34-46(5)39(36-40)28-29-41-43-31-30-42(38(4)26-24-25-37(2)3)47(43,6)35-33-44(41)46/h14-15,17-18,20-21,28,37-38,40-44H,7-13,16,19,22-27,29-36H2,1-6H3/b15-14-,18-17-,21-20-/t38-,40+,41+,42-,43+,44+,46+,47-/m1/s1. The van der Waals surface area contributed by atoms with E-state index in [9.17, 15) is 4.79 Å². The van der Waals surface area contributed by atoms with Crippen molar-refractivity contribution < 1.29 is 9.53 Å². The number of ether oxygens (including phenoxy) is 1. The number of hydrogen-bond donors (Lipinski definition) is 0. The van der Waals surface area contributed by atoms with Gasteiger partial charge in [-0.3, -0.25) is 4.79 Å². The molecule has 0 aromatic carbocycles. The second kappa shape index (κ2) is 20.5. The molecule has 0 aromatic rings. The molecule has 4 aliphatic rings. The Labute approximate surface area is 304 Å². The van der Waals surface area contributed by atoms with E-state index in [0.717, 1.165) is 74.0 Å². The number of hydrogen-bond acceptors (Lipinski definition) is 2. The Bertz CT molecular complexity index is 1090. The number of carbonyl (C=O) groups is 1. The van der Waals surface area contributed by atoms with E-state index in [1.807, 2.05) is 0 Å². The maximum Gasteiger partial charge on any atom is 0.306 e. The molecule has 0 spiro atoms. The second-order valence-corrected chi connectivity index (χ2v) is 18.0. The van der Waals surface area contributed by atoms with Gasteiger partial charge in [-0.2, -0.15) is 0 Å². The molecule has 2 nitrogen and oxygen atoms in total. The summed E-state index contributed by atoms with van der Waals surface area (Å²) in [4.78, 5) is 12.8. The molecule has 0 saturated heterocycles. The van der Waals surface area contributed by atoms with Gasteiger partial charge in [0.15, 0.2) is 0 Å². The summed E-state index contributed by atoms with van der Waals surface area (Å²) in [6.45, 7) is 14.9. The van der Waals surface area contributed by atoms with E-state index in [1.165, 1.54) is 103 Å². The molecule has 0 amide bonds. The Morgan fingerprint density at radius 1 is 0.796 bits per heavy atom. The van der Waals surface area contributed by atoms with Gasteiger partial charge in [-0.25, -0.2) is 0 Å². The molecule has 0 heterocycles. The number of esters is 1. The van der Waals surface area contributed by atoms with Crippen molar-refractivity contribution in [2.45, 2.75) is 195 Å². The first-order valence-electron chi connectivity index (χ1n) is 21.5. The van der Waals surface area contributed by atoms with Crippen LogP contribution in [-0.4, -0.2) is 12.1 Å². The van der Waals surface area contributed by atoms with Crippen molar-refractivity contribution in [3.05, 3.63) is 48.1 Å². The van der Waals surface area contributed by atoms with Gasteiger partial charge in [-0.1, -0.05) is 141 Å². The first-order chi connectivity index (χ1) is 23.7. The van der Waals surface area contributed by atoms with E-state index in [1.54, 1.807) is 5.57 Å². The lowest BCUT2D eigenvalue weighted by molar-refractivity contribution is -0.151. The highest BCUT2D eigenvalue weighted by atomic mass is 16.5. The average molecular weight is 675 g/mol. The van der Waals surface area contributed by atoms with Gasteiger partial charge in [-0.15, -0.1) is 0 Å². The molecule has 49 heavy (non-hydrogen) atoms. The fraction of sp³-hybridized carbons (Fsp3) is 0.809. The fourth-order valence-corrected chi connectivity index (χ4v) is 11.2. The molecule has 8 atom stereocenters. The Balaban J connectivity index is 1.12. The van der Waals surface area contributed by atoms with Crippen LogP contribution in [0.4, 0.5) is 0 Å². The summed E-state index contributed by atoms with van der Waals surface area (Å²) < 4.78 is 6.10. The predicted octanol–water partition coefficient (Wildman–Crippen LogP) is 14.3. The Morgan fingerprint density at radius 3 is 2.22 bits per heavy atom. The SMILES string of the molecule is CCCCCCCC/C=C\C/C=C\C/C=C\CCCC(=O)O[C@H]1CC[C@@]2(C)C(=CC[C@H]3[C@@H]4CC[C@H]([C@H](C)CCCC(C)C)[C@@]4(C)CC[C@@H]32)C1.